The SMILES string of the molecule is CC1(NC(=O)OC(C)(C)C)CCN(c2nc(Nc3n[nH]c(C4CC4)c3F)c3cc(C4=CCN(C(=O)O)CC4)ccc3n2)CC1. The van der Waals surface area contributed by atoms with Gasteiger partial charge >= 0.3 is 12.2 Å². The first-order valence-electron chi connectivity index (χ1n) is 15.1. The number of hydrogen-bond acceptors (Lipinski definition) is 8. The highest BCUT2D eigenvalue weighted by molar-refractivity contribution is 5.94. The lowest BCUT2D eigenvalue weighted by atomic mass is 9.90. The van der Waals surface area contributed by atoms with Crippen molar-refractivity contribution < 1.29 is 23.8 Å². The third-order valence-electron chi connectivity index (χ3n) is 8.44. The van der Waals surface area contributed by atoms with E-state index in [1.165, 1.54) is 4.90 Å². The van der Waals surface area contributed by atoms with E-state index in [2.05, 4.69) is 25.7 Å². The topological polar surface area (TPSA) is 149 Å². The summed E-state index contributed by atoms with van der Waals surface area (Å²) in [5, 5.41) is 23.3. The van der Waals surface area contributed by atoms with Crippen LogP contribution in [0, 0.1) is 5.82 Å². The zero-order valence-corrected chi connectivity index (χ0v) is 25.5. The summed E-state index contributed by atoms with van der Waals surface area (Å²) in [6.07, 6.45) is 4.34. The van der Waals surface area contributed by atoms with Gasteiger partial charge in [0.15, 0.2) is 11.6 Å². The van der Waals surface area contributed by atoms with Crippen LogP contribution in [0.15, 0.2) is 24.3 Å². The van der Waals surface area contributed by atoms with Crippen molar-refractivity contribution in [3.63, 3.8) is 0 Å². The van der Waals surface area contributed by atoms with Crippen molar-refractivity contribution in [3.05, 3.63) is 41.3 Å². The van der Waals surface area contributed by atoms with Crippen LogP contribution < -0.4 is 15.5 Å². The summed E-state index contributed by atoms with van der Waals surface area (Å²) < 4.78 is 20.8. The molecular weight excluding hydrogens is 567 g/mol. The molecule has 0 radical (unpaired) electrons. The number of amides is 2. The number of carbonyl (C=O) groups is 2. The summed E-state index contributed by atoms with van der Waals surface area (Å²) in [7, 11) is 0. The Morgan fingerprint density at radius 1 is 1.14 bits per heavy atom. The van der Waals surface area contributed by atoms with E-state index < -0.39 is 29.1 Å². The lowest BCUT2D eigenvalue weighted by molar-refractivity contribution is 0.0448. The number of aromatic nitrogens is 4. The Morgan fingerprint density at radius 2 is 1.89 bits per heavy atom. The van der Waals surface area contributed by atoms with Gasteiger partial charge in [-0.1, -0.05) is 12.1 Å². The van der Waals surface area contributed by atoms with Crippen LogP contribution in [0.5, 0.6) is 0 Å². The maximum absolute atomic E-state index is 15.3. The van der Waals surface area contributed by atoms with Crippen LogP contribution in [0.4, 0.5) is 31.6 Å². The van der Waals surface area contributed by atoms with Crippen LogP contribution in [0.1, 0.15) is 77.0 Å². The first-order chi connectivity index (χ1) is 20.9. The number of nitrogens with zero attached hydrogens (tertiary/aromatic N) is 5. The van der Waals surface area contributed by atoms with Gasteiger partial charge in [-0.2, -0.15) is 10.1 Å². The molecule has 0 bridgehead atoms. The van der Waals surface area contributed by atoms with Crippen LogP contribution in [-0.2, 0) is 4.74 Å². The molecule has 1 saturated carbocycles. The molecule has 0 spiro atoms. The Hall–Kier alpha value is -4.42. The Bertz CT molecular complexity index is 1620. The monoisotopic (exact) mass is 606 g/mol. The number of alkyl carbamates (subject to hydrolysis) is 1. The molecule has 4 heterocycles. The van der Waals surface area contributed by atoms with Crippen LogP contribution >= 0.6 is 0 Å². The van der Waals surface area contributed by atoms with E-state index in [9.17, 15) is 14.7 Å². The van der Waals surface area contributed by atoms with Crippen molar-refractivity contribution in [2.45, 2.75) is 76.9 Å². The van der Waals surface area contributed by atoms with Crippen molar-refractivity contribution in [2.24, 2.45) is 0 Å². The first-order valence-corrected chi connectivity index (χ1v) is 15.1. The number of H-pyrrole nitrogens is 1. The number of rotatable bonds is 6. The summed E-state index contributed by atoms with van der Waals surface area (Å²) in [4.78, 5) is 37.0. The number of aromatic amines is 1. The smallest absolute Gasteiger partial charge is 0.408 e. The fraction of sp³-hybridized carbons (Fsp3) is 0.516. The minimum Gasteiger partial charge on any atom is -0.465 e. The fourth-order valence-corrected chi connectivity index (χ4v) is 5.71. The number of anilines is 3. The summed E-state index contributed by atoms with van der Waals surface area (Å²) >= 11 is 0. The number of carbonyl (C=O) groups excluding carboxylic acids is 1. The van der Waals surface area contributed by atoms with Crippen molar-refractivity contribution in [2.75, 3.05) is 36.4 Å². The minimum atomic E-state index is -0.934. The molecule has 1 aromatic carbocycles. The van der Waals surface area contributed by atoms with Crippen LogP contribution in [0.25, 0.3) is 16.5 Å². The molecule has 6 rings (SSSR count). The molecule has 2 amide bonds. The number of nitrogens with one attached hydrogen (secondary N) is 3. The lowest BCUT2D eigenvalue weighted by Gasteiger charge is -2.40. The molecular formula is C31H39FN8O4. The summed E-state index contributed by atoms with van der Waals surface area (Å²) in [5.41, 5.74) is 2.15. The van der Waals surface area contributed by atoms with E-state index in [1.54, 1.807) is 0 Å². The predicted octanol–water partition coefficient (Wildman–Crippen LogP) is 5.76. The van der Waals surface area contributed by atoms with E-state index in [0.717, 1.165) is 24.0 Å². The Morgan fingerprint density at radius 3 is 2.52 bits per heavy atom. The summed E-state index contributed by atoms with van der Waals surface area (Å²) in [5.74, 6) is 0.790. The third kappa shape index (κ3) is 6.41. The van der Waals surface area contributed by atoms with Gasteiger partial charge in [-0.05, 0) is 83.1 Å². The second-order valence-corrected chi connectivity index (χ2v) is 13.2. The average Bonchev–Trinajstić information content (AvgIpc) is 3.74. The van der Waals surface area contributed by atoms with Gasteiger partial charge in [-0.3, -0.25) is 5.10 Å². The van der Waals surface area contributed by atoms with Crippen molar-refractivity contribution in [3.8, 4) is 0 Å². The van der Waals surface area contributed by atoms with Crippen molar-refractivity contribution in [1.29, 1.82) is 0 Å². The number of piperidine rings is 1. The molecule has 0 atom stereocenters. The van der Waals surface area contributed by atoms with Gasteiger partial charge in [0.2, 0.25) is 5.95 Å². The first kappa shape index (κ1) is 29.6. The van der Waals surface area contributed by atoms with Gasteiger partial charge in [0.25, 0.3) is 0 Å². The van der Waals surface area contributed by atoms with E-state index in [4.69, 9.17) is 14.7 Å². The highest BCUT2D eigenvalue weighted by Gasteiger charge is 2.35. The van der Waals surface area contributed by atoms with Gasteiger partial charge in [0.1, 0.15) is 11.4 Å². The lowest BCUT2D eigenvalue weighted by Crippen LogP contribution is -2.54. The highest BCUT2D eigenvalue weighted by atomic mass is 19.1. The largest absolute Gasteiger partial charge is 0.465 e. The van der Waals surface area contributed by atoms with Gasteiger partial charge in [0.05, 0.1) is 11.2 Å². The molecule has 1 saturated heterocycles. The molecule has 2 aliphatic heterocycles. The number of carboxylic acid groups (broad SMARTS) is 1. The number of benzene rings is 1. The number of hydrogen-bond donors (Lipinski definition) is 4. The molecule has 12 nitrogen and oxygen atoms in total. The van der Waals surface area contributed by atoms with Gasteiger partial charge in [0, 0.05) is 43.0 Å². The Kier molecular flexibility index (Phi) is 7.58. The summed E-state index contributed by atoms with van der Waals surface area (Å²) in [6, 6.07) is 5.86. The van der Waals surface area contributed by atoms with Crippen LogP contribution in [-0.4, -0.2) is 79.7 Å². The molecule has 0 unspecified atom stereocenters. The van der Waals surface area contributed by atoms with E-state index in [0.29, 0.717) is 73.8 Å². The maximum atomic E-state index is 15.3. The average molecular weight is 607 g/mol. The molecule has 3 aromatic rings. The second-order valence-electron chi connectivity index (χ2n) is 13.2. The number of halogens is 1. The van der Waals surface area contributed by atoms with E-state index in [1.807, 2.05) is 52.0 Å². The van der Waals surface area contributed by atoms with Crippen LogP contribution in [0.2, 0.25) is 0 Å². The third-order valence-corrected chi connectivity index (χ3v) is 8.44. The van der Waals surface area contributed by atoms with Crippen molar-refractivity contribution >= 4 is 46.2 Å². The van der Waals surface area contributed by atoms with Gasteiger partial charge in [-0.15, -0.1) is 0 Å². The van der Waals surface area contributed by atoms with Gasteiger partial charge in [-0.25, -0.2) is 19.0 Å². The standard InChI is InChI=1S/C31H39FN8O4/c1-30(2,3)44-28(41)36-31(4)11-15-39(16-12-31)27-33-22-8-7-20(18-9-13-40(14-10-18)29(42)43)17-21(22)25(35-27)34-26-23(32)24(37-38-26)19-5-6-19/h7-9,17,19H,5-6,10-16H2,1-4H3,(H,36,41)(H,42,43)(H2,33,34,35,37,38). The molecule has 44 heavy (non-hydrogen) atoms. The zero-order valence-electron chi connectivity index (χ0n) is 25.5. The number of fused-ring (bicyclic) bond motifs is 1. The molecule has 1 aliphatic carbocycles. The molecule has 234 valence electrons. The fourth-order valence-electron chi connectivity index (χ4n) is 5.71. The van der Waals surface area contributed by atoms with Gasteiger partial charge < -0.3 is 30.3 Å². The van der Waals surface area contributed by atoms with Crippen LogP contribution in [0.3, 0.4) is 0 Å². The number of ether oxygens (including phenoxy) is 1. The van der Waals surface area contributed by atoms with E-state index >= 15 is 4.39 Å². The molecule has 13 heteroatoms. The second kappa shape index (κ2) is 11.3. The molecule has 2 fully saturated rings. The normalized spacial score (nSPS) is 18.6. The minimum absolute atomic E-state index is 0.0880. The quantitative estimate of drug-likeness (QED) is 0.275. The van der Waals surface area contributed by atoms with Crippen molar-refractivity contribution in [1.82, 2.24) is 30.4 Å². The zero-order chi connectivity index (χ0) is 31.2. The molecule has 4 N–H and O–H groups in total. The maximum Gasteiger partial charge on any atom is 0.408 e. The highest BCUT2D eigenvalue weighted by Crippen LogP contribution is 2.42. The Labute approximate surface area is 255 Å². The van der Waals surface area contributed by atoms with E-state index in [-0.39, 0.29) is 11.7 Å². The summed E-state index contributed by atoms with van der Waals surface area (Å²) in [6.45, 7) is 9.46. The molecule has 3 aliphatic rings. The Balaban J connectivity index is 1.28. The molecule has 2 aromatic heterocycles. The predicted molar refractivity (Wildman–Crippen MR) is 165 cm³/mol.